The average molecular weight is 366 g/mol. The highest BCUT2D eigenvalue weighted by Crippen LogP contribution is 2.30. The van der Waals surface area contributed by atoms with Crippen LogP contribution in [0.25, 0.3) is 10.9 Å². The molecule has 0 bridgehead atoms. The monoisotopic (exact) mass is 366 g/mol. The lowest BCUT2D eigenvalue weighted by Crippen LogP contribution is -2.36. The fourth-order valence-corrected chi connectivity index (χ4v) is 4.10. The Hall–Kier alpha value is -2.43. The third-order valence-electron chi connectivity index (χ3n) is 5.57. The first-order valence-corrected chi connectivity index (χ1v) is 9.98. The number of aromatic nitrogens is 3. The minimum absolute atomic E-state index is 0.211. The highest BCUT2D eigenvalue weighted by molar-refractivity contribution is 5.84. The van der Waals surface area contributed by atoms with Gasteiger partial charge in [0.05, 0.1) is 5.52 Å². The molecule has 4 rings (SSSR count). The molecule has 142 valence electrons. The Bertz CT molecular complexity index is 933. The van der Waals surface area contributed by atoms with Crippen LogP contribution in [0.2, 0.25) is 0 Å². The molecule has 0 unspecified atom stereocenters. The Labute approximate surface area is 160 Å². The molecule has 1 saturated heterocycles. The second kappa shape index (κ2) is 7.67. The molecule has 1 fully saturated rings. The van der Waals surface area contributed by atoms with E-state index in [4.69, 9.17) is 4.98 Å². The molecular weight excluding hydrogens is 339 g/mol. The van der Waals surface area contributed by atoms with E-state index in [1.165, 1.54) is 24.7 Å². The molecule has 1 aliphatic rings. The summed E-state index contributed by atoms with van der Waals surface area (Å²) in [6.07, 6.45) is 8.70. The summed E-state index contributed by atoms with van der Waals surface area (Å²) in [6, 6.07) is 6.93. The number of imidazole rings is 1. The fourth-order valence-electron chi connectivity index (χ4n) is 4.10. The van der Waals surface area contributed by atoms with E-state index >= 15 is 0 Å². The first-order valence-electron chi connectivity index (χ1n) is 9.98. The number of anilines is 1. The Morgan fingerprint density at radius 2 is 2.15 bits per heavy atom. The topological polar surface area (TPSA) is 34.0 Å². The normalized spacial score (nSPS) is 17.6. The van der Waals surface area contributed by atoms with Crippen LogP contribution in [0.5, 0.6) is 0 Å². The zero-order valence-electron chi connectivity index (χ0n) is 16.2. The number of halogens is 1. The minimum Gasteiger partial charge on any atom is -0.356 e. The smallest absolute Gasteiger partial charge is 0.129 e. The van der Waals surface area contributed by atoms with Gasteiger partial charge in [-0.05, 0) is 56.0 Å². The summed E-state index contributed by atoms with van der Waals surface area (Å²) in [5.41, 5.74) is 1.93. The van der Waals surface area contributed by atoms with Gasteiger partial charge in [0, 0.05) is 43.3 Å². The van der Waals surface area contributed by atoms with Crippen molar-refractivity contribution >= 4 is 16.7 Å². The van der Waals surface area contributed by atoms with Gasteiger partial charge in [-0.3, -0.25) is 0 Å². The molecule has 0 N–H and O–H groups in total. The Balaban J connectivity index is 1.59. The van der Waals surface area contributed by atoms with E-state index in [0.29, 0.717) is 5.92 Å². The van der Waals surface area contributed by atoms with E-state index in [1.54, 1.807) is 12.1 Å². The van der Waals surface area contributed by atoms with Crippen molar-refractivity contribution in [2.75, 3.05) is 18.0 Å². The lowest BCUT2D eigenvalue weighted by molar-refractivity contribution is 0.464. The third kappa shape index (κ3) is 3.68. The van der Waals surface area contributed by atoms with Crippen molar-refractivity contribution in [3.05, 3.63) is 53.9 Å². The second-order valence-corrected chi connectivity index (χ2v) is 7.58. The Morgan fingerprint density at radius 3 is 3.00 bits per heavy atom. The van der Waals surface area contributed by atoms with Crippen molar-refractivity contribution in [1.82, 2.24) is 14.5 Å². The van der Waals surface area contributed by atoms with Gasteiger partial charge in [0.15, 0.2) is 0 Å². The summed E-state index contributed by atoms with van der Waals surface area (Å²) in [5.74, 6) is 2.41. The molecule has 27 heavy (non-hydrogen) atoms. The van der Waals surface area contributed by atoms with Crippen LogP contribution in [-0.4, -0.2) is 27.6 Å². The summed E-state index contributed by atoms with van der Waals surface area (Å²) < 4.78 is 15.9. The first kappa shape index (κ1) is 18.0. The van der Waals surface area contributed by atoms with Crippen molar-refractivity contribution in [3.63, 3.8) is 0 Å². The zero-order valence-corrected chi connectivity index (χ0v) is 16.2. The highest BCUT2D eigenvalue weighted by atomic mass is 19.1. The van der Waals surface area contributed by atoms with Gasteiger partial charge in [0.25, 0.3) is 0 Å². The molecule has 2 aromatic heterocycles. The highest BCUT2D eigenvalue weighted by Gasteiger charge is 2.25. The van der Waals surface area contributed by atoms with Gasteiger partial charge in [-0.15, -0.1) is 0 Å². The maximum atomic E-state index is 13.6. The van der Waals surface area contributed by atoms with Crippen molar-refractivity contribution in [3.8, 4) is 0 Å². The summed E-state index contributed by atoms with van der Waals surface area (Å²) in [5, 5.41) is 0.891. The fraction of sp³-hybridized carbons (Fsp3) is 0.455. The molecule has 1 aromatic carbocycles. The lowest BCUT2D eigenvalue weighted by atomic mass is 9.96. The number of fused-ring (bicyclic) bond motifs is 1. The van der Waals surface area contributed by atoms with Crippen LogP contribution in [0, 0.1) is 12.7 Å². The van der Waals surface area contributed by atoms with E-state index in [-0.39, 0.29) is 5.82 Å². The molecule has 1 atom stereocenters. The lowest BCUT2D eigenvalue weighted by Gasteiger charge is -2.34. The van der Waals surface area contributed by atoms with E-state index in [0.717, 1.165) is 54.8 Å². The minimum atomic E-state index is -0.211. The summed E-state index contributed by atoms with van der Waals surface area (Å²) in [7, 11) is 0. The van der Waals surface area contributed by atoms with Crippen LogP contribution in [0.4, 0.5) is 10.2 Å². The average Bonchev–Trinajstić information content (AvgIpc) is 3.15. The summed E-state index contributed by atoms with van der Waals surface area (Å²) >= 11 is 0. The van der Waals surface area contributed by atoms with Gasteiger partial charge in [0.1, 0.15) is 17.5 Å². The number of pyridine rings is 1. The SMILES string of the molecule is CCCCn1ccnc1[C@H]1CCCN(c2cc(C)c3cc(F)ccc3n2)C1. The van der Waals surface area contributed by atoms with Gasteiger partial charge < -0.3 is 9.47 Å². The van der Waals surface area contributed by atoms with Crippen molar-refractivity contribution in [1.29, 1.82) is 0 Å². The van der Waals surface area contributed by atoms with Crippen molar-refractivity contribution in [2.45, 2.75) is 52.0 Å². The van der Waals surface area contributed by atoms with Gasteiger partial charge in [-0.1, -0.05) is 13.3 Å². The number of unbranched alkanes of at least 4 members (excludes halogenated alkanes) is 1. The van der Waals surface area contributed by atoms with E-state index in [1.807, 2.05) is 13.1 Å². The maximum absolute atomic E-state index is 13.6. The molecule has 0 saturated carbocycles. The number of aryl methyl sites for hydroxylation is 2. The van der Waals surface area contributed by atoms with Gasteiger partial charge in [-0.25, -0.2) is 14.4 Å². The second-order valence-electron chi connectivity index (χ2n) is 7.58. The summed E-state index contributed by atoms with van der Waals surface area (Å²) in [4.78, 5) is 11.9. The van der Waals surface area contributed by atoms with Crippen LogP contribution in [0.15, 0.2) is 36.7 Å². The number of nitrogens with zero attached hydrogens (tertiary/aromatic N) is 4. The largest absolute Gasteiger partial charge is 0.356 e. The molecule has 1 aliphatic heterocycles. The van der Waals surface area contributed by atoms with Crippen LogP contribution in [0.1, 0.15) is 49.9 Å². The third-order valence-corrected chi connectivity index (χ3v) is 5.57. The van der Waals surface area contributed by atoms with Crippen molar-refractivity contribution < 1.29 is 4.39 Å². The van der Waals surface area contributed by atoms with E-state index in [2.05, 4.69) is 33.6 Å². The van der Waals surface area contributed by atoms with Crippen LogP contribution < -0.4 is 4.90 Å². The number of piperidine rings is 1. The predicted octanol–water partition coefficient (Wildman–Crippen LogP) is 5.06. The van der Waals surface area contributed by atoms with E-state index < -0.39 is 0 Å². The number of benzene rings is 1. The number of hydrogen-bond donors (Lipinski definition) is 0. The van der Waals surface area contributed by atoms with Crippen LogP contribution in [-0.2, 0) is 6.54 Å². The van der Waals surface area contributed by atoms with Crippen molar-refractivity contribution in [2.24, 2.45) is 0 Å². The molecule has 0 amide bonds. The molecule has 3 aromatic rings. The first-order chi connectivity index (χ1) is 13.2. The molecule has 0 spiro atoms. The number of rotatable bonds is 5. The standard InChI is InChI=1S/C22H27FN4/c1-3-4-10-26-12-9-24-22(26)17-6-5-11-27(15-17)21-13-16(2)19-14-18(23)7-8-20(19)25-21/h7-9,12-14,17H,3-6,10-11,15H2,1-2H3/t17-/m0/s1. The van der Waals surface area contributed by atoms with Crippen LogP contribution >= 0.6 is 0 Å². The Morgan fingerprint density at radius 1 is 1.26 bits per heavy atom. The molecule has 5 heteroatoms. The van der Waals surface area contributed by atoms with E-state index in [9.17, 15) is 4.39 Å². The summed E-state index contributed by atoms with van der Waals surface area (Å²) in [6.45, 7) is 7.24. The molecule has 0 radical (unpaired) electrons. The molecule has 4 nitrogen and oxygen atoms in total. The predicted molar refractivity (Wildman–Crippen MR) is 108 cm³/mol. The van der Waals surface area contributed by atoms with Gasteiger partial charge >= 0.3 is 0 Å². The number of hydrogen-bond acceptors (Lipinski definition) is 3. The van der Waals surface area contributed by atoms with Crippen LogP contribution in [0.3, 0.4) is 0 Å². The maximum Gasteiger partial charge on any atom is 0.129 e. The van der Waals surface area contributed by atoms with Gasteiger partial charge in [-0.2, -0.15) is 0 Å². The quantitative estimate of drug-likeness (QED) is 0.633. The molecule has 3 heterocycles. The molecular formula is C22H27FN4. The zero-order chi connectivity index (χ0) is 18.8. The Kier molecular flexibility index (Phi) is 5.10. The van der Waals surface area contributed by atoms with Gasteiger partial charge in [0.2, 0.25) is 0 Å². The molecule has 0 aliphatic carbocycles.